The lowest BCUT2D eigenvalue weighted by atomic mass is 9.73. The van der Waals surface area contributed by atoms with Crippen molar-refractivity contribution in [1.82, 2.24) is 0 Å². The minimum Gasteiger partial charge on any atom is -0.369 e. The molecule has 3 aromatic rings. The zero-order chi connectivity index (χ0) is 21.2. The maximum atomic E-state index is 6.77. The van der Waals surface area contributed by atoms with Crippen LogP contribution in [0.2, 0.25) is 0 Å². The summed E-state index contributed by atoms with van der Waals surface area (Å²) >= 11 is 1.99. The second kappa shape index (κ2) is 7.43. The number of hydrogen-bond acceptors (Lipinski definition) is 2. The lowest BCUT2D eigenvalue weighted by Gasteiger charge is -2.34. The summed E-state index contributed by atoms with van der Waals surface area (Å²) in [6.45, 7) is 3.00. The Hall–Kier alpha value is -2.16. The predicted molar refractivity (Wildman–Crippen MR) is 133 cm³/mol. The molecule has 162 valence electrons. The van der Waals surface area contributed by atoms with Crippen molar-refractivity contribution in [2.24, 2.45) is 17.8 Å². The van der Waals surface area contributed by atoms with Gasteiger partial charge in [-0.05, 0) is 113 Å². The number of allylic oxidation sites excluding steroid dienone is 1. The van der Waals surface area contributed by atoms with Crippen LogP contribution < -0.4 is 0 Å². The minimum atomic E-state index is 0.187. The van der Waals surface area contributed by atoms with Crippen LogP contribution in [0, 0.1) is 24.7 Å². The number of thiophene rings is 1. The highest BCUT2D eigenvalue weighted by atomic mass is 32.1. The third-order valence-corrected chi connectivity index (χ3v) is 9.72. The van der Waals surface area contributed by atoms with Crippen molar-refractivity contribution < 1.29 is 4.74 Å². The Morgan fingerprint density at radius 2 is 1.72 bits per heavy atom. The molecule has 2 saturated carbocycles. The number of ether oxygens (including phenoxy) is 1. The molecule has 2 heteroatoms. The third-order valence-electron chi connectivity index (χ3n) is 8.76. The van der Waals surface area contributed by atoms with Gasteiger partial charge in [0, 0.05) is 4.88 Å². The van der Waals surface area contributed by atoms with Gasteiger partial charge in [0.2, 0.25) is 0 Å². The van der Waals surface area contributed by atoms with Crippen LogP contribution in [0.25, 0.3) is 11.1 Å². The van der Waals surface area contributed by atoms with Crippen molar-refractivity contribution in [3.8, 4) is 0 Å². The molecule has 1 nitrogen and oxygen atoms in total. The van der Waals surface area contributed by atoms with Crippen molar-refractivity contribution in [2.75, 3.05) is 0 Å². The second-order valence-electron chi connectivity index (χ2n) is 10.4. The van der Waals surface area contributed by atoms with Crippen LogP contribution in [0.3, 0.4) is 0 Å². The van der Waals surface area contributed by atoms with E-state index in [9.17, 15) is 0 Å². The zero-order valence-corrected chi connectivity index (χ0v) is 19.5. The Morgan fingerprint density at radius 1 is 0.875 bits per heavy atom. The Morgan fingerprint density at radius 3 is 2.59 bits per heavy atom. The van der Waals surface area contributed by atoms with E-state index in [2.05, 4.69) is 66.9 Å². The van der Waals surface area contributed by atoms with Crippen LogP contribution in [-0.4, -0.2) is 6.10 Å². The molecule has 7 rings (SSSR count). The third kappa shape index (κ3) is 2.79. The highest BCUT2D eigenvalue weighted by molar-refractivity contribution is 7.11. The number of benzene rings is 2. The molecule has 4 aliphatic carbocycles. The topological polar surface area (TPSA) is 9.23 Å². The monoisotopic (exact) mass is 438 g/mol. The van der Waals surface area contributed by atoms with Crippen LogP contribution in [0.4, 0.5) is 0 Å². The fraction of sp³-hybridized carbons (Fsp3) is 0.400. The summed E-state index contributed by atoms with van der Waals surface area (Å²) in [5.74, 6) is 3.26. The molecule has 0 N–H and O–H groups in total. The van der Waals surface area contributed by atoms with Gasteiger partial charge >= 0.3 is 0 Å². The maximum absolute atomic E-state index is 6.77. The van der Waals surface area contributed by atoms with Crippen LogP contribution in [-0.2, 0) is 17.8 Å². The average molecular weight is 439 g/mol. The Kier molecular flexibility index (Phi) is 4.49. The number of aryl methyl sites for hydroxylation is 2. The van der Waals surface area contributed by atoms with E-state index in [1.165, 1.54) is 41.5 Å². The number of rotatable bonds is 3. The van der Waals surface area contributed by atoms with Gasteiger partial charge in [-0.25, -0.2) is 0 Å². The fourth-order valence-corrected chi connectivity index (χ4v) is 8.63. The molecule has 2 aromatic carbocycles. The van der Waals surface area contributed by atoms with E-state index in [0.29, 0.717) is 6.61 Å². The SMILES string of the molecule is Cc1cccc2c1/C(=C1\c3sccc3C3C1[C@H]1CC[C@@H]3C1)[C@@H](OCc1ccccc1)CC2. The van der Waals surface area contributed by atoms with Gasteiger partial charge in [-0.2, -0.15) is 0 Å². The summed E-state index contributed by atoms with van der Waals surface area (Å²) in [5, 5.41) is 2.34. The highest BCUT2D eigenvalue weighted by Gasteiger charge is 2.55. The molecular weight excluding hydrogens is 408 g/mol. The molecular formula is C30H30OS. The van der Waals surface area contributed by atoms with Crippen molar-refractivity contribution in [2.45, 2.75) is 57.7 Å². The van der Waals surface area contributed by atoms with Crippen LogP contribution in [0.15, 0.2) is 60.0 Å². The molecule has 1 heterocycles. The van der Waals surface area contributed by atoms with E-state index in [1.54, 1.807) is 21.6 Å². The van der Waals surface area contributed by atoms with Crippen molar-refractivity contribution >= 4 is 22.5 Å². The molecule has 0 saturated heterocycles. The summed E-state index contributed by atoms with van der Waals surface area (Å²) in [6.07, 6.45) is 6.70. The smallest absolute Gasteiger partial charge is 0.0841 e. The second-order valence-corrected chi connectivity index (χ2v) is 11.3. The van der Waals surface area contributed by atoms with E-state index < -0.39 is 0 Å². The van der Waals surface area contributed by atoms with Crippen molar-refractivity contribution in [3.63, 3.8) is 0 Å². The first-order valence-corrected chi connectivity index (χ1v) is 13.2. The summed E-state index contributed by atoms with van der Waals surface area (Å²) in [7, 11) is 0. The van der Waals surface area contributed by atoms with Gasteiger partial charge < -0.3 is 4.74 Å². The summed E-state index contributed by atoms with van der Waals surface area (Å²) in [5.41, 5.74) is 10.6. The van der Waals surface area contributed by atoms with Gasteiger partial charge in [-0.3, -0.25) is 0 Å². The summed E-state index contributed by atoms with van der Waals surface area (Å²) < 4.78 is 6.77. The maximum Gasteiger partial charge on any atom is 0.0841 e. The van der Waals surface area contributed by atoms with Gasteiger partial charge in [0.15, 0.2) is 0 Å². The highest BCUT2D eigenvalue weighted by Crippen LogP contribution is 2.67. The van der Waals surface area contributed by atoms with Gasteiger partial charge in [0.05, 0.1) is 12.7 Å². The molecule has 0 spiro atoms. The van der Waals surface area contributed by atoms with E-state index in [4.69, 9.17) is 4.74 Å². The molecule has 1 aromatic heterocycles. The van der Waals surface area contributed by atoms with Crippen LogP contribution in [0.1, 0.15) is 64.3 Å². The zero-order valence-electron chi connectivity index (χ0n) is 18.7. The minimum absolute atomic E-state index is 0.187. The van der Waals surface area contributed by atoms with E-state index in [1.807, 2.05) is 11.3 Å². The lowest BCUT2D eigenvalue weighted by Crippen LogP contribution is -2.25. The van der Waals surface area contributed by atoms with E-state index in [-0.39, 0.29) is 6.10 Å². The van der Waals surface area contributed by atoms with E-state index in [0.717, 1.165) is 36.5 Å². The van der Waals surface area contributed by atoms with Gasteiger partial charge in [0.1, 0.15) is 0 Å². The largest absolute Gasteiger partial charge is 0.369 e. The molecule has 5 atom stereocenters. The molecule has 4 aliphatic rings. The molecule has 2 unspecified atom stereocenters. The standard InChI is InChI=1S/C30H30OS/c1-18-6-5-9-20-12-13-24(31-17-19-7-3-2-4-8-19)28(25(18)20)29-27-22-11-10-21(16-22)26(27)23-14-15-32-30(23)29/h2-9,14-15,21-22,24,26-27H,10-13,16-17H2,1H3/b29-28-/t21-,22+,24+,26?,27?/m1/s1. The average Bonchev–Trinajstić information content (AvgIpc) is 3.59. The summed E-state index contributed by atoms with van der Waals surface area (Å²) in [4.78, 5) is 1.59. The Balaban J connectivity index is 1.40. The Bertz CT molecular complexity index is 1200. The number of hydrogen-bond donors (Lipinski definition) is 0. The van der Waals surface area contributed by atoms with Crippen LogP contribution >= 0.6 is 11.3 Å². The first-order valence-electron chi connectivity index (χ1n) is 12.4. The molecule has 0 radical (unpaired) electrons. The first kappa shape index (κ1) is 19.3. The fourth-order valence-electron chi connectivity index (χ4n) is 7.57. The van der Waals surface area contributed by atoms with Gasteiger partial charge in [-0.15, -0.1) is 11.3 Å². The van der Waals surface area contributed by atoms with Gasteiger partial charge in [-0.1, -0.05) is 48.5 Å². The van der Waals surface area contributed by atoms with Crippen LogP contribution in [0.5, 0.6) is 0 Å². The normalized spacial score (nSPS) is 32.1. The molecule has 0 aliphatic heterocycles. The predicted octanol–water partition coefficient (Wildman–Crippen LogP) is 7.64. The Labute approximate surface area is 195 Å². The lowest BCUT2D eigenvalue weighted by molar-refractivity contribution is 0.0711. The first-order chi connectivity index (χ1) is 15.8. The molecule has 2 bridgehead atoms. The van der Waals surface area contributed by atoms with E-state index >= 15 is 0 Å². The quantitative estimate of drug-likeness (QED) is 0.408. The molecule has 32 heavy (non-hydrogen) atoms. The number of fused-ring (bicyclic) bond motifs is 8. The van der Waals surface area contributed by atoms with Gasteiger partial charge in [0.25, 0.3) is 0 Å². The molecule has 0 amide bonds. The van der Waals surface area contributed by atoms with Crippen molar-refractivity contribution in [3.05, 3.63) is 92.7 Å². The summed E-state index contributed by atoms with van der Waals surface area (Å²) in [6, 6.07) is 20.1. The molecule has 2 fully saturated rings. The van der Waals surface area contributed by atoms with Crippen molar-refractivity contribution in [1.29, 1.82) is 0 Å².